The molecule has 1 aromatic carbocycles. The Bertz CT molecular complexity index is 450. The van der Waals surface area contributed by atoms with E-state index in [9.17, 15) is 4.79 Å². The van der Waals surface area contributed by atoms with E-state index in [-0.39, 0.29) is 12.0 Å². The van der Waals surface area contributed by atoms with Crippen molar-refractivity contribution in [2.24, 2.45) is 5.92 Å². The molecule has 1 rings (SSSR count). The molecule has 0 spiro atoms. The average molecular weight is 326 g/mol. The highest BCUT2D eigenvalue weighted by Gasteiger charge is 2.22. The molecule has 0 aliphatic carbocycles. The number of hydrogen-bond donors (Lipinski definition) is 1. The molecule has 0 saturated carbocycles. The third kappa shape index (κ3) is 6.37. The topological polar surface area (TPSA) is 38.3 Å². The number of nitrogens with one attached hydrogen (secondary N) is 1. The third-order valence-electron chi connectivity index (χ3n) is 3.96. The summed E-state index contributed by atoms with van der Waals surface area (Å²) in [6, 6.07) is 7.87. The molecule has 2 atom stereocenters. The lowest BCUT2D eigenvalue weighted by Crippen LogP contribution is -2.22. The number of hydrogen-bond acceptors (Lipinski definition) is 2. The molecule has 0 aliphatic rings. The average Bonchev–Trinajstić information content (AvgIpc) is 2.53. The van der Waals surface area contributed by atoms with Gasteiger partial charge in [-0.3, -0.25) is 4.79 Å². The van der Waals surface area contributed by atoms with Crippen molar-refractivity contribution in [1.29, 1.82) is 0 Å². The van der Waals surface area contributed by atoms with Gasteiger partial charge in [0.25, 0.3) is 0 Å². The Morgan fingerprint density at radius 3 is 2.73 bits per heavy atom. The van der Waals surface area contributed by atoms with Crippen molar-refractivity contribution in [3.05, 3.63) is 34.9 Å². The molecule has 1 N–H and O–H groups in total. The van der Waals surface area contributed by atoms with Crippen molar-refractivity contribution in [1.82, 2.24) is 5.32 Å². The van der Waals surface area contributed by atoms with E-state index in [1.165, 1.54) is 12.8 Å². The van der Waals surface area contributed by atoms with Crippen LogP contribution in [0.1, 0.15) is 57.6 Å². The number of ether oxygens (including phenoxy) is 1. The number of amides is 1. The zero-order valence-electron chi connectivity index (χ0n) is 13.9. The minimum Gasteiger partial charge on any atom is -0.373 e. The van der Waals surface area contributed by atoms with E-state index < -0.39 is 0 Å². The molecule has 4 heteroatoms. The highest BCUT2D eigenvalue weighted by atomic mass is 35.5. The Balaban J connectivity index is 2.81. The molecule has 124 valence electrons. The Hall–Kier alpha value is -1.06. The highest BCUT2D eigenvalue weighted by molar-refractivity contribution is 6.30. The summed E-state index contributed by atoms with van der Waals surface area (Å²) in [6.45, 7) is 4.83. The van der Waals surface area contributed by atoms with Gasteiger partial charge in [-0.05, 0) is 30.0 Å². The Morgan fingerprint density at radius 2 is 2.14 bits per heavy atom. The Kier molecular flexibility index (Phi) is 9.17. The van der Waals surface area contributed by atoms with E-state index >= 15 is 0 Å². The molecule has 0 bridgehead atoms. The van der Waals surface area contributed by atoms with Crippen molar-refractivity contribution >= 4 is 17.5 Å². The summed E-state index contributed by atoms with van der Waals surface area (Å²) < 4.78 is 6.09. The first-order chi connectivity index (χ1) is 10.6. The molecule has 0 aliphatic heterocycles. The molecule has 1 amide bonds. The van der Waals surface area contributed by atoms with Gasteiger partial charge in [-0.2, -0.15) is 0 Å². The summed E-state index contributed by atoms with van der Waals surface area (Å²) >= 11 is 6.13. The smallest absolute Gasteiger partial charge is 0.222 e. The maximum Gasteiger partial charge on any atom is 0.222 e. The fraction of sp³-hybridized carbons (Fsp3) is 0.611. The molecule has 0 aromatic heterocycles. The van der Waals surface area contributed by atoms with Crippen LogP contribution in [0.2, 0.25) is 5.02 Å². The zero-order valence-corrected chi connectivity index (χ0v) is 14.7. The van der Waals surface area contributed by atoms with E-state index in [1.54, 1.807) is 7.05 Å². The summed E-state index contributed by atoms with van der Waals surface area (Å²) in [5.74, 6) is 0.453. The van der Waals surface area contributed by atoms with Crippen LogP contribution in [0.4, 0.5) is 0 Å². The van der Waals surface area contributed by atoms with Crippen molar-refractivity contribution in [3.63, 3.8) is 0 Å². The largest absolute Gasteiger partial charge is 0.373 e. The number of benzene rings is 1. The molecule has 22 heavy (non-hydrogen) atoms. The van der Waals surface area contributed by atoms with Crippen molar-refractivity contribution in [3.8, 4) is 0 Å². The Labute approximate surface area is 139 Å². The lowest BCUT2D eigenvalue weighted by Gasteiger charge is -2.27. The second-order valence-electron chi connectivity index (χ2n) is 5.58. The van der Waals surface area contributed by atoms with Crippen LogP contribution in [0.15, 0.2) is 24.3 Å². The molecule has 0 fully saturated rings. The van der Waals surface area contributed by atoms with Crippen LogP contribution in [0.3, 0.4) is 0 Å². The maximum absolute atomic E-state index is 11.4. The summed E-state index contributed by atoms with van der Waals surface area (Å²) in [7, 11) is 1.65. The van der Waals surface area contributed by atoms with Crippen molar-refractivity contribution in [2.45, 2.75) is 52.1 Å². The lowest BCUT2D eigenvalue weighted by atomic mass is 9.89. The summed E-state index contributed by atoms with van der Waals surface area (Å²) in [4.78, 5) is 11.4. The van der Waals surface area contributed by atoms with Gasteiger partial charge in [-0.1, -0.05) is 56.8 Å². The van der Waals surface area contributed by atoms with Gasteiger partial charge in [-0.15, -0.1) is 0 Å². The molecule has 3 nitrogen and oxygen atoms in total. The summed E-state index contributed by atoms with van der Waals surface area (Å²) in [5, 5.41) is 3.35. The molecule has 0 saturated heterocycles. The van der Waals surface area contributed by atoms with Gasteiger partial charge in [0.05, 0.1) is 12.7 Å². The van der Waals surface area contributed by atoms with Crippen molar-refractivity contribution in [2.75, 3.05) is 13.7 Å². The van der Waals surface area contributed by atoms with Gasteiger partial charge >= 0.3 is 0 Å². The standard InChI is InChI=1S/C18H28ClNO2/c1-4-6-8-14(5-2)18(22-12-11-17(21)20-3)15-9-7-10-16(19)13-15/h7,9-10,13-14,18H,4-6,8,11-12H2,1-3H3,(H,20,21)/t14-,18?/m0/s1. The SMILES string of the molecule is CCCC[C@H](CC)C(OCCC(=O)NC)c1cccc(Cl)c1. The molecular weight excluding hydrogens is 298 g/mol. The third-order valence-corrected chi connectivity index (χ3v) is 4.20. The fourth-order valence-electron chi connectivity index (χ4n) is 2.63. The van der Waals surface area contributed by atoms with Gasteiger partial charge in [0.2, 0.25) is 5.91 Å². The first-order valence-electron chi connectivity index (χ1n) is 8.20. The van der Waals surface area contributed by atoms with Crippen LogP contribution in [0.5, 0.6) is 0 Å². The predicted octanol–water partition coefficient (Wildman–Crippen LogP) is 4.75. The summed E-state index contributed by atoms with van der Waals surface area (Å²) in [6.07, 6.45) is 4.93. The second kappa shape index (κ2) is 10.6. The quantitative estimate of drug-likeness (QED) is 0.674. The molecular formula is C18H28ClNO2. The zero-order chi connectivity index (χ0) is 16.4. The van der Waals surface area contributed by atoms with Gasteiger partial charge in [0.1, 0.15) is 0 Å². The van der Waals surface area contributed by atoms with E-state index in [0.29, 0.717) is 18.9 Å². The molecule has 0 heterocycles. The minimum atomic E-state index is -0.0000869. The normalized spacial score (nSPS) is 13.6. The van der Waals surface area contributed by atoms with Crippen LogP contribution in [0.25, 0.3) is 0 Å². The first-order valence-corrected chi connectivity index (χ1v) is 8.57. The van der Waals surface area contributed by atoms with Gasteiger partial charge in [0, 0.05) is 18.5 Å². The lowest BCUT2D eigenvalue weighted by molar-refractivity contribution is -0.122. The van der Waals surface area contributed by atoms with E-state index in [2.05, 4.69) is 25.2 Å². The van der Waals surface area contributed by atoms with Gasteiger partial charge in [-0.25, -0.2) is 0 Å². The molecule has 1 unspecified atom stereocenters. The van der Waals surface area contributed by atoms with Gasteiger partial charge < -0.3 is 10.1 Å². The number of carbonyl (C=O) groups is 1. The second-order valence-corrected chi connectivity index (χ2v) is 6.02. The predicted molar refractivity (Wildman–Crippen MR) is 92.1 cm³/mol. The monoisotopic (exact) mass is 325 g/mol. The number of carbonyl (C=O) groups excluding carboxylic acids is 1. The molecule has 1 aromatic rings. The first kappa shape index (κ1) is 19.0. The number of rotatable bonds is 10. The summed E-state index contributed by atoms with van der Waals surface area (Å²) in [5.41, 5.74) is 1.10. The number of unbranched alkanes of at least 4 members (excludes halogenated alkanes) is 1. The minimum absolute atomic E-state index is 0.0000869. The number of halogens is 1. The van der Waals surface area contributed by atoms with Crippen LogP contribution in [0, 0.1) is 5.92 Å². The Morgan fingerprint density at radius 1 is 1.36 bits per heavy atom. The van der Waals surface area contributed by atoms with Crippen LogP contribution in [-0.4, -0.2) is 19.6 Å². The van der Waals surface area contributed by atoms with Crippen LogP contribution >= 0.6 is 11.6 Å². The van der Waals surface area contributed by atoms with Crippen LogP contribution < -0.4 is 5.32 Å². The van der Waals surface area contributed by atoms with E-state index in [0.717, 1.165) is 23.4 Å². The van der Waals surface area contributed by atoms with Gasteiger partial charge in [0.15, 0.2) is 0 Å². The maximum atomic E-state index is 11.4. The van der Waals surface area contributed by atoms with E-state index in [4.69, 9.17) is 16.3 Å². The highest BCUT2D eigenvalue weighted by Crippen LogP contribution is 2.33. The molecule has 0 radical (unpaired) electrons. The fourth-order valence-corrected chi connectivity index (χ4v) is 2.83. The van der Waals surface area contributed by atoms with E-state index in [1.807, 2.05) is 18.2 Å². The van der Waals surface area contributed by atoms with Crippen molar-refractivity contribution < 1.29 is 9.53 Å². The van der Waals surface area contributed by atoms with Crippen LogP contribution in [-0.2, 0) is 9.53 Å².